The third-order valence-electron chi connectivity index (χ3n) is 5.20. The van der Waals surface area contributed by atoms with Gasteiger partial charge in [0.2, 0.25) is 5.91 Å². The van der Waals surface area contributed by atoms with E-state index in [1.807, 2.05) is 69.3 Å². The van der Waals surface area contributed by atoms with Crippen molar-refractivity contribution in [2.24, 2.45) is 5.92 Å². The van der Waals surface area contributed by atoms with Crippen molar-refractivity contribution in [2.75, 3.05) is 10.2 Å². The lowest BCUT2D eigenvalue weighted by atomic mass is 10.0. The van der Waals surface area contributed by atoms with Crippen molar-refractivity contribution < 1.29 is 9.21 Å². The highest BCUT2D eigenvalue weighted by Crippen LogP contribution is 2.42. The highest BCUT2D eigenvalue weighted by molar-refractivity contribution is 7.80. The average Bonchev–Trinajstić information content (AvgIpc) is 3.37. The Morgan fingerprint density at radius 1 is 1.23 bits per heavy atom. The van der Waals surface area contributed by atoms with E-state index in [4.69, 9.17) is 16.6 Å². The number of amides is 1. The maximum absolute atomic E-state index is 12.1. The molecule has 2 aromatic heterocycles. The van der Waals surface area contributed by atoms with Crippen molar-refractivity contribution in [3.8, 4) is 0 Å². The molecule has 2 atom stereocenters. The summed E-state index contributed by atoms with van der Waals surface area (Å²) >= 11 is 5.71. The molecule has 1 aliphatic heterocycles. The summed E-state index contributed by atoms with van der Waals surface area (Å²) in [5.41, 5.74) is 3.57. The fraction of sp³-hybridized carbons (Fsp3) is 0.261. The maximum atomic E-state index is 12.1. The van der Waals surface area contributed by atoms with Gasteiger partial charge in [-0.1, -0.05) is 19.9 Å². The first kappa shape index (κ1) is 20.1. The van der Waals surface area contributed by atoms with Crippen molar-refractivity contribution in [2.45, 2.75) is 32.9 Å². The standard InChI is InChI=1S/C23H24N4O2S/c1-14(2)22(28)25-17-10-9-16(13-15(17)3)27-21(19-8-6-12-29-19)20(26-23(27)30)18-7-4-5-11-24-18/h4-14,20-21H,1-3H3,(H,25,28)(H,26,30)/t20-,21-/m1/s1. The predicted octanol–water partition coefficient (Wildman–Crippen LogP) is 4.75. The average molecular weight is 421 g/mol. The molecule has 2 N–H and O–H groups in total. The summed E-state index contributed by atoms with van der Waals surface area (Å²) in [7, 11) is 0. The van der Waals surface area contributed by atoms with Gasteiger partial charge in [-0.25, -0.2) is 0 Å². The Bertz CT molecular complexity index is 1050. The lowest BCUT2D eigenvalue weighted by Crippen LogP contribution is -2.29. The van der Waals surface area contributed by atoms with Crippen LogP contribution in [0.1, 0.15) is 42.9 Å². The number of nitrogens with zero attached hydrogens (tertiary/aromatic N) is 2. The third-order valence-corrected chi connectivity index (χ3v) is 5.52. The van der Waals surface area contributed by atoms with E-state index >= 15 is 0 Å². The number of aryl methyl sites for hydroxylation is 1. The molecule has 3 heterocycles. The second-order valence-electron chi connectivity index (χ2n) is 7.66. The Morgan fingerprint density at radius 3 is 2.70 bits per heavy atom. The number of nitrogens with one attached hydrogen (secondary N) is 2. The summed E-state index contributed by atoms with van der Waals surface area (Å²) in [6.45, 7) is 5.72. The van der Waals surface area contributed by atoms with Crippen LogP contribution in [-0.2, 0) is 4.79 Å². The maximum Gasteiger partial charge on any atom is 0.226 e. The minimum absolute atomic E-state index is 0.00659. The van der Waals surface area contributed by atoms with Crippen LogP contribution < -0.4 is 15.5 Å². The van der Waals surface area contributed by atoms with Crippen molar-refractivity contribution in [3.05, 3.63) is 78.0 Å². The molecular formula is C23H24N4O2S. The van der Waals surface area contributed by atoms with Crippen LogP contribution in [0, 0.1) is 12.8 Å². The van der Waals surface area contributed by atoms with Crippen LogP contribution >= 0.6 is 12.2 Å². The summed E-state index contributed by atoms with van der Waals surface area (Å²) in [5, 5.41) is 6.98. The van der Waals surface area contributed by atoms with Crippen molar-refractivity contribution >= 4 is 34.6 Å². The van der Waals surface area contributed by atoms with Gasteiger partial charge in [0.15, 0.2) is 5.11 Å². The number of hydrogen-bond acceptors (Lipinski definition) is 4. The van der Waals surface area contributed by atoms with Crippen molar-refractivity contribution in [1.29, 1.82) is 0 Å². The van der Waals surface area contributed by atoms with Gasteiger partial charge < -0.3 is 20.0 Å². The van der Waals surface area contributed by atoms with Crippen LogP contribution in [0.2, 0.25) is 0 Å². The zero-order valence-corrected chi connectivity index (χ0v) is 17.9. The number of benzene rings is 1. The van der Waals surface area contributed by atoms with E-state index in [1.165, 1.54) is 0 Å². The molecule has 1 amide bonds. The SMILES string of the molecule is Cc1cc(N2C(=S)N[C@H](c3ccccn3)[C@H]2c2ccco2)ccc1NC(=O)C(C)C. The van der Waals surface area contributed by atoms with E-state index in [1.54, 1.807) is 12.5 Å². The molecule has 3 aromatic rings. The van der Waals surface area contributed by atoms with Crippen molar-refractivity contribution in [3.63, 3.8) is 0 Å². The van der Waals surface area contributed by atoms with Gasteiger partial charge in [0.05, 0.1) is 18.0 Å². The predicted molar refractivity (Wildman–Crippen MR) is 121 cm³/mol. The molecule has 0 radical (unpaired) electrons. The van der Waals surface area contributed by atoms with Crippen LogP contribution in [0.4, 0.5) is 11.4 Å². The number of thiocarbonyl (C=S) groups is 1. The minimum atomic E-state index is -0.182. The highest BCUT2D eigenvalue weighted by Gasteiger charge is 2.42. The number of rotatable bonds is 5. The molecule has 1 aromatic carbocycles. The Hall–Kier alpha value is -3.19. The molecular weight excluding hydrogens is 396 g/mol. The molecule has 0 unspecified atom stereocenters. The smallest absolute Gasteiger partial charge is 0.226 e. The lowest BCUT2D eigenvalue weighted by molar-refractivity contribution is -0.118. The molecule has 7 heteroatoms. The largest absolute Gasteiger partial charge is 0.467 e. The van der Waals surface area contributed by atoms with Gasteiger partial charge in [-0.2, -0.15) is 0 Å². The summed E-state index contributed by atoms with van der Waals surface area (Å²) in [6, 6.07) is 15.2. The van der Waals surface area contributed by atoms with Gasteiger partial charge in [-0.05, 0) is 67.2 Å². The lowest BCUT2D eigenvalue weighted by Gasteiger charge is -2.26. The van der Waals surface area contributed by atoms with E-state index in [-0.39, 0.29) is 23.9 Å². The molecule has 0 aliphatic carbocycles. The molecule has 4 rings (SSSR count). The number of hydrogen-bond donors (Lipinski definition) is 2. The zero-order chi connectivity index (χ0) is 21.3. The zero-order valence-electron chi connectivity index (χ0n) is 17.1. The summed E-state index contributed by atoms with van der Waals surface area (Å²) < 4.78 is 5.78. The molecule has 30 heavy (non-hydrogen) atoms. The normalized spacial score (nSPS) is 18.5. The van der Waals surface area contributed by atoms with Crippen molar-refractivity contribution in [1.82, 2.24) is 10.3 Å². The second kappa shape index (κ2) is 8.28. The van der Waals surface area contributed by atoms with Gasteiger partial charge in [0, 0.05) is 23.5 Å². The first-order chi connectivity index (χ1) is 14.5. The Balaban J connectivity index is 1.71. The first-order valence-electron chi connectivity index (χ1n) is 9.91. The molecule has 0 spiro atoms. The van der Waals surface area contributed by atoms with E-state index in [0.717, 1.165) is 28.4 Å². The van der Waals surface area contributed by atoms with Crippen LogP contribution in [0.3, 0.4) is 0 Å². The first-order valence-corrected chi connectivity index (χ1v) is 10.3. The molecule has 6 nitrogen and oxygen atoms in total. The fourth-order valence-electron chi connectivity index (χ4n) is 3.60. The van der Waals surface area contributed by atoms with E-state index in [9.17, 15) is 4.79 Å². The fourth-order valence-corrected chi connectivity index (χ4v) is 3.94. The molecule has 0 saturated carbocycles. The van der Waals surface area contributed by atoms with Crippen LogP contribution in [0.5, 0.6) is 0 Å². The van der Waals surface area contributed by atoms with E-state index in [0.29, 0.717) is 5.11 Å². The van der Waals surface area contributed by atoms with Crippen LogP contribution in [0.25, 0.3) is 0 Å². The minimum Gasteiger partial charge on any atom is -0.467 e. The van der Waals surface area contributed by atoms with E-state index in [2.05, 4.69) is 20.5 Å². The number of furan rings is 1. The number of carbonyl (C=O) groups is 1. The number of carbonyl (C=O) groups excluding carboxylic acids is 1. The summed E-state index contributed by atoms with van der Waals surface area (Å²) in [5.74, 6) is 0.711. The number of anilines is 2. The van der Waals surface area contributed by atoms with Crippen LogP contribution in [-0.4, -0.2) is 16.0 Å². The topological polar surface area (TPSA) is 70.4 Å². The highest BCUT2D eigenvalue weighted by atomic mass is 32.1. The summed E-state index contributed by atoms with van der Waals surface area (Å²) in [4.78, 5) is 18.7. The van der Waals surface area contributed by atoms with Gasteiger partial charge >= 0.3 is 0 Å². The molecule has 1 fully saturated rings. The second-order valence-corrected chi connectivity index (χ2v) is 8.04. The number of aromatic nitrogens is 1. The summed E-state index contributed by atoms with van der Waals surface area (Å²) in [6.07, 6.45) is 3.44. The van der Waals surface area contributed by atoms with Gasteiger partial charge in [-0.3, -0.25) is 9.78 Å². The van der Waals surface area contributed by atoms with Crippen LogP contribution in [0.15, 0.2) is 65.4 Å². The number of pyridine rings is 1. The Kier molecular flexibility index (Phi) is 5.55. The molecule has 0 bridgehead atoms. The monoisotopic (exact) mass is 420 g/mol. The van der Waals surface area contributed by atoms with Gasteiger partial charge in [0.25, 0.3) is 0 Å². The Labute approximate surface area is 181 Å². The third kappa shape index (κ3) is 3.80. The van der Waals surface area contributed by atoms with E-state index < -0.39 is 0 Å². The van der Waals surface area contributed by atoms with Gasteiger partial charge in [-0.15, -0.1) is 0 Å². The van der Waals surface area contributed by atoms with Gasteiger partial charge in [0.1, 0.15) is 11.8 Å². The molecule has 154 valence electrons. The molecule has 1 saturated heterocycles. The Morgan fingerprint density at radius 2 is 2.07 bits per heavy atom. The quantitative estimate of drug-likeness (QED) is 0.580. The molecule has 1 aliphatic rings.